The molecule has 8 nitrogen and oxygen atoms in total. The average molecular weight is 438 g/mol. The number of nitro benzene ring substituents is 1. The zero-order valence-corrected chi connectivity index (χ0v) is 14.8. The number of nitro groups is 2. The maximum atomic E-state index is 13.8. The van der Waals surface area contributed by atoms with Crippen LogP contribution in [0.25, 0.3) is 6.08 Å². The highest BCUT2D eigenvalue weighted by molar-refractivity contribution is 7.88. The van der Waals surface area contributed by atoms with Crippen LogP contribution < -0.4 is 4.74 Å². The molecule has 0 spiro atoms. The van der Waals surface area contributed by atoms with Crippen molar-refractivity contribution in [1.82, 2.24) is 0 Å². The number of methoxy groups -OCH3 is 1. The standard InChI is InChI=1S/C15H7F5N2O6S/c1-28-9-3-2-6(4-8(9)21(23)24)29(27)10(22(25)26)5-7-11(16)13(18)15(20)14(19)12(7)17/h2-5H,1H3/b10-5-. The van der Waals surface area contributed by atoms with Gasteiger partial charge in [-0.25, -0.2) is 26.2 Å². The van der Waals surface area contributed by atoms with Gasteiger partial charge in [0, 0.05) is 12.1 Å². The zero-order chi connectivity index (χ0) is 22.0. The minimum Gasteiger partial charge on any atom is -0.490 e. The van der Waals surface area contributed by atoms with Crippen LogP contribution in [0.4, 0.5) is 27.6 Å². The lowest BCUT2D eigenvalue weighted by atomic mass is 10.1. The number of halogens is 5. The Kier molecular flexibility index (Phi) is 6.26. The third-order valence-corrected chi connectivity index (χ3v) is 4.77. The average Bonchev–Trinajstić information content (AvgIpc) is 2.69. The Hall–Kier alpha value is -3.42. The molecular weight excluding hydrogens is 431 g/mol. The molecule has 0 saturated carbocycles. The SMILES string of the molecule is COc1ccc(S(=O)/C(=C\c2c(F)c(F)c(F)c(F)c2F)[N+](=O)[O-])cc1[N+](=O)[O-]. The Labute approximate surface area is 160 Å². The summed E-state index contributed by atoms with van der Waals surface area (Å²) < 4.78 is 84.3. The second-order valence-corrected chi connectivity index (χ2v) is 6.51. The summed E-state index contributed by atoms with van der Waals surface area (Å²) in [5, 5.41) is 20.7. The van der Waals surface area contributed by atoms with Gasteiger partial charge in [0.25, 0.3) is 0 Å². The molecular formula is C15H7F5N2O6S. The highest BCUT2D eigenvalue weighted by Gasteiger charge is 2.30. The Morgan fingerprint density at radius 2 is 1.52 bits per heavy atom. The Balaban J connectivity index is 2.68. The molecule has 2 aromatic rings. The van der Waals surface area contributed by atoms with Crippen LogP contribution in [0, 0.1) is 49.3 Å². The molecule has 0 radical (unpaired) electrons. The molecule has 0 aromatic heterocycles. The lowest BCUT2D eigenvalue weighted by molar-refractivity contribution is -0.409. The number of benzene rings is 2. The lowest BCUT2D eigenvalue weighted by Gasteiger charge is -2.06. The fourth-order valence-corrected chi connectivity index (χ4v) is 3.11. The number of hydrogen-bond donors (Lipinski definition) is 0. The van der Waals surface area contributed by atoms with Gasteiger partial charge in [0.15, 0.2) is 39.8 Å². The van der Waals surface area contributed by atoms with Crippen LogP contribution in [0.1, 0.15) is 5.56 Å². The van der Waals surface area contributed by atoms with Gasteiger partial charge in [-0.05, 0) is 12.1 Å². The molecule has 0 aliphatic carbocycles. The topological polar surface area (TPSA) is 113 Å². The van der Waals surface area contributed by atoms with Crippen molar-refractivity contribution in [3.05, 3.63) is 78.1 Å². The maximum Gasteiger partial charge on any atom is 0.338 e. The fraction of sp³-hybridized carbons (Fsp3) is 0.0667. The van der Waals surface area contributed by atoms with Crippen LogP contribution in [-0.4, -0.2) is 21.2 Å². The summed E-state index contributed by atoms with van der Waals surface area (Å²) in [6.07, 6.45) is -0.0948. The summed E-state index contributed by atoms with van der Waals surface area (Å²) in [7, 11) is -1.81. The predicted octanol–water partition coefficient (Wildman–Crippen LogP) is 3.68. The van der Waals surface area contributed by atoms with Crippen molar-refractivity contribution < 1.29 is 40.7 Å². The Bertz CT molecular complexity index is 1060. The van der Waals surface area contributed by atoms with Gasteiger partial charge < -0.3 is 4.74 Å². The fourth-order valence-electron chi connectivity index (χ4n) is 2.09. The first-order valence-corrected chi connectivity index (χ1v) is 8.27. The van der Waals surface area contributed by atoms with Crippen molar-refractivity contribution in [2.45, 2.75) is 4.90 Å². The van der Waals surface area contributed by atoms with Crippen LogP contribution in [0.2, 0.25) is 0 Å². The smallest absolute Gasteiger partial charge is 0.338 e. The summed E-state index contributed by atoms with van der Waals surface area (Å²) >= 11 is 0. The van der Waals surface area contributed by atoms with Crippen LogP contribution in [-0.2, 0) is 10.8 Å². The normalized spacial score (nSPS) is 12.6. The first-order valence-electron chi connectivity index (χ1n) is 7.13. The van der Waals surface area contributed by atoms with Gasteiger partial charge in [-0.15, -0.1) is 0 Å². The maximum absolute atomic E-state index is 13.8. The molecule has 29 heavy (non-hydrogen) atoms. The number of nitrogens with zero attached hydrogens (tertiary/aromatic N) is 2. The van der Waals surface area contributed by atoms with E-state index in [1.54, 1.807) is 0 Å². The largest absolute Gasteiger partial charge is 0.490 e. The van der Waals surface area contributed by atoms with Gasteiger partial charge >= 0.3 is 10.7 Å². The van der Waals surface area contributed by atoms with Crippen molar-refractivity contribution in [3.8, 4) is 5.75 Å². The minimum atomic E-state index is -2.89. The van der Waals surface area contributed by atoms with Gasteiger partial charge in [0.1, 0.15) is 0 Å². The highest BCUT2D eigenvalue weighted by atomic mass is 32.2. The molecule has 1 atom stereocenters. The van der Waals surface area contributed by atoms with Crippen LogP contribution >= 0.6 is 0 Å². The van der Waals surface area contributed by atoms with E-state index in [1.807, 2.05) is 0 Å². The quantitative estimate of drug-likeness (QED) is 0.224. The molecule has 0 N–H and O–H groups in total. The molecule has 0 aliphatic heterocycles. The molecule has 14 heteroatoms. The summed E-state index contributed by atoms with van der Waals surface area (Å²) in [5.41, 5.74) is -2.42. The van der Waals surface area contributed by atoms with Gasteiger partial charge in [0.2, 0.25) is 5.82 Å². The van der Waals surface area contributed by atoms with Crippen molar-refractivity contribution in [3.63, 3.8) is 0 Å². The van der Waals surface area contributed by atoms with E-state index in [2.05, 4.69) is 0 Å². The van der Waals surface area contributed by atoms with E-state index in [0.29, 0.717) is 6.07 Å². The van der Waals surface area contributed by atoms with Gasteiger partial charge in [-0.1, -0.05) is 0 Å². The molecule has 0 saturated heterocycles. The van der Waals surface area contributed by atoms with E-state index in [9.17, 15) is 46.4 Å². The molecule has 1 unspecified atom stereocenters. The summed E-state index contributed by atoms with van der Waals surface area (Å²) in [6, 6.07) is 2.53. The highest BCUT2D eigenvalue weighted by Crippen LogP contribution is 2.31. The third-order valence-electron chi connectivity index (χ3n) is 3.44. The third kappa shape index (κ3) is 4.06. The predicted molar refractivity (Wildman–Crippen MR) is 87.3 cm³/mol. The molecule has 2 aromatic carbocycles. The van der Waals surface area contributed by atoms with E-state index in [0.717, 1.165) is 19.2 Å². The summed E-state index contributed by atoms with van der Waals surface area (Å²) in [5.74, 6) is -12.2. The lowest BCUT2D eigenvalue weighted by Crippen LogP contribution is -2.09. The second kappa shape index (κ2) is 8.30. The number of hydrogen-bond acceptors (Lipinski definition) is 6. The van der Waals surface area contributed by atoms with Gasteiger partial charge in [-0.3, -0.25) is 20.2 Å². The van der Waals surface area contributed by atoms with E-state index in [-0.39, 0.29) is 11.8 Å². The van der Waals surface area contributed by atoms with E-state index in [4.69, 9.17) is 4.74 Å². The zero-order valence-electron chi connectivity index (χ0n) is 14.0. The van der Waals surface area contributed by atoms with Crippen molar-refractivity contribution in [1.29, 1.82) is 0 Å². The Morgan fingerprint density at radius 3 is 1.97 bits per heavy atom. The first kappa shape index (κ1) is 21.9. The Morgan fingerprint density at radius 1 is 1.00 bits per heavy atom. The molecule has 154 valence electrons. The van der Waals surface area contributed by atoms with Gasteiger partial charge in [0.05, 0.1) is 27.4 Å². The molecule has 2 rings (SSSR count). The minimum absolute atomic E-state index is 0.0948. The monoisotopic (exact) mass is 438 g/mol. The van der Waals surface area contributed by atoms with E-state index in [1.165, 1.54) is 0 Å². The molecule has 0 heterocycles. The first-order chi connectivity index (χ1) is 13.5. The number of rotatable bonds is 6. The van der Waals surface area contributed by atoms with Gasteiger partial charge in [-0.2, -0.15) is 0 Å². The molecule has 0 bridgehead atoms. The summed E-state index contributed by atoms with van der Waals surface area (Å²) in [4.78, 5) is 19.3. The van der Waals surface area contributed by atoms with Crippen LogP contribution in [0.3, 0.4) is 0 Å². The molecule has 0 amide bonds. The number of ether oxygens (including phenoxy) is 1. The summed E-state index contributed by atoms with van der Waals surface area (Å²) in [6.45, 7) is 0. The van der Waals surface area contributed by atoms with Crippen LogP contribution in [0.15, 0.2) is 28.1 Å². The second-order valence-electron chi connectivity index (χ2n) is 5.08. The molecule has 0 aliphatic rings. The van der Waals surface area contributed by atoms with Crippen molar-refractivity contribution in [2.24, 2.45) is 0 Å². The van der Waals surface area contributed by atoms with Crippen LogP contribution in [0.5, 0.6) is 5.75 Å². The van der Waals surface area contributed by atoms with E-state index >= 15 is 0 Å². The van der Waals surface area contributed by atoms with Crippen molar-refractivity contribution >= 4 is 22.6 Å². The molecule has 0 fully saturated rings. The van der Waals surface area contributed by atoms with E-state index < -0.39 is 70.9 Å². The van der Waals surface area contributed by atoms with Crippen molar-refractivity contribution in [2.75, 3.05) is 7.11 Å².